The molecule has 0 unspecified atom stereocenters. The van der Waals surface area contributed by atoms with Gasteiger partial charge in [-0.15, -0.1) is 11.3 Å². The quantitative estimate of drug-likeness (QED) is 0.627. The van der Waals surface area contributed by atoms with Gasteiger partial charge in [-0.1, -0.05) is 47.6 Å². The molecule has 0 atom stereocenters. The average molecular weight is 383 g/mol. The van der Waals surface area contributed by atoms with Crippen molar-refractivity contribution in [1.29, 1.82) is 0 Å². The number of phenols is 1. The number of phenolic OH excluding ortho intramolecular Hbond substituents is 1. The number of rotatable bonds is 2. The van der Waals surface area contributed by atoms with Crippen LogP contribution in [0.4, 0.5) is 0 Å². The molecule has 27 heavy (non-hydrogen) atoms. The van der Waals surface area contributed by atoms with Gasteiger partial charge in [0.25, 0.3) is 5.91 Å². The van der Waals surface area contributed by atoms with Gasteiger partial charge >= 0.3 is 0 Å². The third kappa shape index (κ3) is 3.83. The predicted octanol–water partition coefficient (Wildman–Crippen LogP) is 5.60. The molecule has 0 radical (unpaired) electrons. The molecule has 0 saturated heterocycles. The lowest BCUT2D eigenvalue weighted by Gasteiger charge is -2.28. The number of carbonyl (C=O) groups is 1. The van der Waals surface area contributed by atoms with Crippen molar-refractivity contribution in [2.75, 3.05) is 0 Å². The Balaban J connectivity index is 2.11. The summed E-state index contributed by atoms with van der Waals surface area (Å²) in [7, 11) is 0. The SMILES string of the molecule is CC(C)(C)c1cc(-c2ccn(C(=O)c3cccs3)n2)cc(C(C)(C)C)c1O. The van der Waals surface area contributed by atoms with Gasteiger partial charge in [0, 0.05) is 22.9 Å². The molecule has 3 aromatic rings. The largest absolute Gasteiger partial charge is 0.507 e. The third-order valence-electron chi connectivity index (χ3n) is 4.55. The van der Waals surface area contributed by atoms with E-state index in [0.717, 1.165) is 22.4 Å². The first-order valence-electron chi connectivity index (χ1n) is 9.01. The number of thiophene rings is 1. The lowest BCUT2D eigenvalue weighted by molar-refractivity contribution is 0.0949. The highest BCUT2D eigenvalue weighted by molar-refractivity contribution is 7.12. The van der Waals surface area contributed by atoms with E-state index in [1.807, 2.05) is 29.6 Å². The number of aromatic hydroxyl groups is 1. The van der Waals surface area contributed by atoms with Gasteiger partial charge in [0.1, 0.15) is 5.75 Å². The van der Waals surface area contributed by atoms with Crippen molar-refractivity contribution in [3.63, 3.8) is 0 Å². The fourth-order valence-corrected chi connectivity index (χ4v) is 3.69. The number of carbonyl (C=O) groups excluding carboxylic acids is 1. The van der Waals surface area contributed by atoms with E-state index in [0.29, 0.717) is 10.6 Å². The van der Waals surface area contributed by atoms with Gasteiger partial charge in [-0.25, -0.2) is 4.68 Å². The normalized spacial score (nSPS) is 12.4. The van der Waals surface area contributed by atoms with E-state index in [2.05, 4.69) is 46.6 Å². The van der Waals surface area contributed by atoms with E-state index >= 15 is 0 Å². The Morgan fingerprint density at radius 3 is 2.11 bits per heavy atom. The van der Waals surface area contributed by atoms with Crippen molar-refractivity contribution in [2.24, 2.45) is 0 Å². The summed E-state index contributed by atoms with van der Waals surface area (Å²) in [6.07, 6.45) is 1.69. The molecule has 0 aliphatic rings. The maximum atomic E-state index is 12.5. The minimum atomic E-state index is -0.213. The van der Waals surface area contributed by atoms with Crippen LogP contribution in [0.3, 0.4) is 0 Å². The molecule has 3 rings (SSSR count). The molecule has 1 N–H and O–H groups in total. The van der Waals surface area contributed by atoms with Crippen molar-refractivity contribution >= 4 is 17.2 Å². The zero-order valence-electron chi connectivity index (χ0n) is 16.7. The first-order valence-corrected chi connectivity index (χ1v) is 9.88. The Kier molecular flexibility index (Phi) is 4.76. The maximum absolute atomic E-state index is 12.5. The zero-order chi connectivity index (χ0) is 20.0. The van der Waals surface area contributed by atoms with E-state index < -0.39 is 0 Å². The molecule has 2 heterocycles. The van der Waals surface area contributed by atoms with Crippen molar-refractivity contribution in [3.05, 3.63) is 57.9 Å². The van der Waals surface area contributed by atoms with Crippen molar-refractivity contribution < 1.29 is 9.90 Å². The zero-order valence-corrected chi connectivity index (χ0v) is 17.5. The molecule has 0 aliphatic carbocycles. The fraction of sp³-hybridized carbons (Fsp3) is 0.364. The van der Waals surface area contributed by atoms with Gasteiger partial charge in [-0.05, 0) is 40.5 Å². The molecule has 0 amide bonds. The second kappa shape index (κ2) is 6.64. The van der Waals surface area contributed by atoms with E-state index in [1.54, 1.807) is 12.3 Å². The lowest BCUT2D eigenvalue weighted by atomic mass is 9.78. The van der Waals surface area contributed by atoms with Gasteiger partial charge < -0.3 is 5.11 Å². The summed E-state index contributed by atoms with van der Waals surface area (Å²) in [5.74, 6) is 0.204. The van der Waals surface area contributed by atoms with Crippen LogP contribution in [-0.2, 0) is 10.8 Å². The van der Waals surface area contributed by atoms with Crippen LogP contribution in [0.15, 0.2) is 41.9 Å². The van der Waals surface area contributed by atoms with Crippen LogP contribution in [0.2, 0.25) is 0 Å². The van der Waals surface area contributed by atoms with E-state index in [1.165, 1.54) is 16.0 Å². The highest BCUT2D eigenvalue weighted by Crippen LogP contribution is 2.41. The number of hydrogen-bond donors (Lipinski definition) is 1. The minimum absolute atomic E-state index is 0.137. The molecule has 142 valence electrons. The lowest BCUT2D eigenvalue weighted by Crippen LogP contribution is -2.17. The fourth-order valence-electron chi connectivity index (χ4n) is 3.03. The van der Waals surface area contributed by atoms with Crippen LogP contribution in [0.5, 0.6) is 5.75 Å². The Hall–Kier alpha value is -2.40. The molecule has 4 nitrogen and oxygen atoms in total. The van der Waals surface area contributed by atoms with E-state index in [9.17, 15) is 9.90 Å². The van der Waals surface area contributed by atoms with Crippen LogP contribution in [0.1, 0.15) is 62.3 Å². The molecule has 0 aliphatic heterocycles. The predicted molar refractivity (Wildman–Crippen MR) is 111 cm³/mol. The molecule has 5 heteroatoms. The van der Waals surface area contributed by atoms with Gasteiger partial charge in [-0.3, -0.25) is 4.79 Å². The molecule has 0 spiro atoms. The van der Waals surface area contributed by atoms with Crippen LogP contribution in [0, 0.1) is 0 Å². The second-order valence-corrected chi connectivity index (χ2v) is 9.80. The maximum Gasteiger partial charge on any atom is 0.288 e. The summed E-state index contributed by atoms with van der Waals surface area (Å²) >= 11 is 1.40. The Morgan fingerprint density at radius 1 is 1.04 bits per heavy atom. The summed E-state index contributed by atoms with van der Waals surface area (Å²) in [5, 5.41) is 17.3. The molecule has 0 fully saturated rings. The van der Waals surface area contributed by atoms with Crippen LogP contribution in [0.25, 0.3) is 11.3 Å². The Morgan fingerprint density at radius 2 is 1.63 bits per heavy atom. The first kappa shape index (κ1) is 19.4. The monoisotopic (exact) mass is 382 g/mol. The topological polar surface area (TPSA) is 55.1 Å². The summed E-state index contributed by atoms with van der Waals surface area (Å²) in [5.41, 5.74) is 2.95. The molecule has 0 saturated carbocycles. The van der Waals surface area contributed by atoms with Crippen LogP contribution in [-0.4, -0.2) is 20.8 Å². The Bertz CT molecular complexity index is 936. The average Bonchev–Trinajstić information content (AvgIpc) is 3.24. The van der Waals surface area contributed by atoms with E-state index in [-0.39, 0.29) is 16.7 Å². The van der Waals surface area contributed by atoms with Crippen molar-refractivity contribution in [1.82, 2.24) is 9.78 Å². The number of nitrogens with zero attached hydrogens (tertiary/aromatic N) is 2. The summed E-state index contributed by atoms with van der Waals surface area (Å²) in [6, 6.07) is 9.45. The highest BCUT2D eigenvalue weighted by Gasteiger charge is 2.27. The second-order valence-electron chi connectivity index (χ2n) is 8.85. The molecular weight excluding hydrogens is 356 g/mol. The van der Waals surface area contributed by atoms with Crippen molar-refractivity contribution in [3.8, 4) is 17.0 Å². The third-order valence-corrected chi connectivity index (χ3v) is 5.41. The van der Waals surface area contributed by atoms with E-state index in [4.69, 9.17) is 0 Å². The number of benzene rings is 1. The van der Waals surface area contributed by atoms with Gasteiger partial charge in [0.15, 0.2) is 0 Å². The Labute approximate surface area is 164 Å². The molecule has 2 aromatic heterocycles. The van der Waals surface area contributed by atoms with Gasteiger partial charge in [-0.2, -0.15) is 5.10 Å². The van der Waals surface area contributed by atoms with Crippen LogP contribution >= 0.6 is 11.3 Å². The van der Waals surface area contributed by atoms with Gasteiger partial charge in [0.05, 0.1) is 10.6 Å². The summed E-state index contributed by atoms with van der Waals surface area (Å²) in [6.45, 7) is 12.5. The molecule has 1 aromatic carbocycles. The summed E-state index contributed by atoms with van der Waals surface area (Å²) in [4.78, 5) is 13.2. The molecular formula is C22H26N2O2S. The van der Waals surface area contributed by atoms with Gasteiger partial charge in [0.2, 0.25) is 0 Å². The van der Waals surface area contributed by atoms with Crippen LogP contribution < -0.4 is 0 Å². The number of hydrogen-bond acceptors (Lipinski definition) is 4. The van der Waals surface area contributed by atoms with Crippen molar-refractivity contribution in [2.45, 2.75) is 52.4 Å². The standard InChI is InChI=1S/C22H26N2O2S/c1-21(2,3)15-12-14(13-16(19(15)25)22(4,5)6)17-9-10-24(23-17)20(26)18-8-7-11-27-18/h7-13,25H,1-6H3. The highest BCUT2D eigenvalue weighted by atomic mass is 32.1. The smallest absolute Gasteiger partial charge is 0.288 e. The summed E-state index contributed by atoms with van der Waals surface area (Å²) < 4.78 is 1.38. The molecule has 0 bridgehead atoms. The minimum Gasteiger partial charge on any atom is -0.507 e. The first-order chi connectivity index (χ1) is 12.5. The number of aromatic nitrogens is 2.